The van der Waals surface area contributed by atoms with Crippen LogP contribution in [-0.2, 0) is 10.0 Å². The molecule has 12 heteroatoms. The molecule has 0 aromatic carbocycles. The zero-order valence-electron chi connectivity index (χ0n) is 13.7. The number of aromatic nitrogens is 4. The van der Waals surface area contributed by atoms with E-state index in [1.807, 2.05) is 6.07 Å². The number of aromatic amines is 1. The van der Waals surface area contributed by atoms with Gasteiger partial charge in [0, 0.05) is 23.7 Å². The van der Waals surface area contributed by atoms with E-state index in [1.165, 1.54) is 18.2 Å². The van der Waals surface area contributed by atoms with Crippen LogP contribution in [0.4, 0.5) is 11.6 Å². The molecule has 1 aliphatic rings. The number of H-pyrrole nitrogens is 1. The van der Waals surface area contributed by atoms with Gasteiger partial charge in [-0.05, 0) is 25.0 Å². The molecular formula is C15H14N6O4S2. The van der Waals surface area contributed by atoms with E-state index in [4.69, 9.17) is 5.14 Å². The number of sulfonamides is 1. The van der Waals surface area contributed by atoms with Crippen LogP contribution < -0.4 is 10.5 Å². The topological polar surface area (TPSA) is 164 Å². The van der Waals surface area contributed by atoms with E-state index in [0.717, 1.165) is 29.9 Å². The van der Waals surface area contributed by atoms with E-state index in [1.54, 1.807) is 0 Å². The molecule has 1 fully saturated rings. The van der Waals surface area contributed by atoms with Crippen LogP contribution in [0.5, 0.6) is 0 Å². The lowest BCUT2D eigenvalue weighted by Crippen LogP contribution is -2.09. The standard InChI is InChI=1S/C15H14N6O4S2/c16-27(24,25)13-4-3-10(26-13)14-17-9(15(22)23)6-11(19-14)18-12-5-8(20-21-12)7-1-2-7/h3-7H,1-2H2,(H,22,23)(H2,16,24,25)(H2,17,18,19,20,21). The van der Waals surface area contributed by atoms with E-state index >= 15 is 0 Å². The number of aromatic carboxylic acids is 1. The SMILES string of the molecule is NS(=O)(=O)c1ccc(-c2nc(Nc3cc(C4CC4)[nH]n3)cc(C(=O)O)n2)s1. The molecule has 27 heavy (non-hydrogen) atoms. The zero-order valence-corrected chi connectivity index (χ0v) is 15.3. The van der Waals surface area contributed by atoms with E-state index in [2.05, 4.69) is 25.5 Å². The molecular weight excluding hydrogens is 392 g/mol. The van der Waals surface area contributed by atoms with Gasteiger partial charge in [-0.3, -0.25) is 5.10 Å². The van der Waals surface area contributed by atoms with Gasteiger partial charge in [0.1, 0.15) is 10.0 Å². The minimum atomic E-state index is -3.86. The molecule has 3 aromatic heterocycles. The van der Waals surface area contributed by atoms with Gasteiger partial charge in [-0.15, -0.1) is 11.3 Å². The minimum Gasteiger partial charge on any atom is -0.477 e. The molecule has 0 unspecified atom stereocenters. The Kier molecular flexibility index (Phi) is 4.17. The number of thiophene rings is 1. The number of carboxylic acid groups (broad SMARTS) is 1. The van der Waals surface area contributed by atoms with Gasteiger partial charge >= 0.3 is 5.97 Å². The summed E-state index contributed by atoms with van der Waals surface area (Å²) in [6.45, 7) is 0. The number of nitrogens with two attached hydrogens (primary N) is 1. The molecule has 3 heterocycles. The Morgan fingerprint density at radius 2 is 2.04 bits per heavy atom. The smallest absolute Gasteiger partial charge is 0.354 e. The molecule has 0 atom stereocenters. The summed E-state index contributed by atoms with van der Waals surface area (Å²) < 4.78 is 22.8. The van der Waals surface area contributed by atoms with Crippen molar-refractivity contribution in [1.82, 2.24) is 20.2 Å². The maximum Gasteiger partial charge on any atom is 0.354 e. The number of nitrogens with one attached hydrogen (secondary N) is 2. The highest BCUT2D eigenvalue weighted by molar-refractivity contribution is 7.91. The van der Waals surface area contributed by atoms with E-state index in [0.29, 0.717) is 16.6 Å². The summed E-state index contributed by atoms with van der Waals surface area (Å²) in [4.78, 5) is 20.0. The van der Waals surface area contributed by atoms with Crippen molar-refractivity contribution in [2.45, 2.75) is 23.0 Å². The zero-order chi connectivity index (χ0) is 19.2. The lowest BCUT2D eigenvalue weighted by Gasteiger charge is -2.05. The third-order valence-electron chi connectivity index (χ3n) is 3.90. The monoisotopic (exact) mass is 406 g/mol. The van der Waals surface area contributed by atoms with E-state index in [-0.39, 0.29) is 21.5 Å². The van der Waals surface area contributed by atoms with Crippen molar-refractivity contribution in [3.63, 3.8) is 0 Å². The molecule has 0 radical (unpaired) electrons. The summed E-state index contributed by atoms with van der Waals surface area (Å²) >= 11 is 0.864. The fourth-order valence-electron chi connectivity index (χ4n) is 2.46. The van der Waals surface area contributed by atoms with Gasteiger partial charge in [-0.1, -0.05) is 0 Å². The van der Waals surface area contributed by atoms with Crippen molar-refractivity contribution in [2.24, 2.45) is 5.14 Å². The number of nitrogens with zero attached hydrogens (tertiary/aromatic N) is 3. The summed E-state index contributed by atoms with van der Waals surface area (Å²) in [5, 5.41) is 24.5. The van der Waals surface area contributed by atoms with Crippen molar-refractivity contribution in [1.29, 1.82) is 0 Å². The molecule has 0 aliphatic heterocycles. The fourth-order valence-corrected chi connectivity index (χ4v) is 4.12. The number of hydrogen-bond donors (Lipinski definition) is 4. The average Bonchev–Trinajstić information content (AvgIpc) is 3.14. The van der Waals surface area contributed by atoms with Crippen LogP contribution in [0, 0.1) is 0 Å². The van der Waals surface area contributed by atoms with E-state index in [9.17, 15) is 18.3 Å². The quantitative estimate of drug-likeness (QED) is 0.482. The van der Waals surface area contributed by atoms with Gasteiger partial charge in [0.05, 0.1) is 4.88 Å². The largest absolute Gasteiger partial charge is 0.477 e. The molecule has 1 aliphatic carbocycles. The van der Waals surface area contributed by atoms with E-state index < -0.39 is 16.0 Å². The normalized spacial score (nSPS) is 14.3. The van der Waals surface area contributed by atoms with Crippen molar-refractivity contribution >= 4 is 39.0 Å². The molecule has 5 N–H and O–H groups in total. The first-order valence-electron chi connectivity index (χ1n) is 7.87. The Morgan fingerprint density at radius 3 is 2.67 bits per heavy atom. The van der Waals surface area contributed by atoms with Crippen molar-refractivity contribution < 1.29 is 18.3 Å². The molecule has 0 saturated heterocycles. The lowest BCUT2D eigenvalue weighted by atomic mass is 10.3. The number of primary sulfonamides is 1. The second-order valence-corrected chi connectivity index (χ2v) is 8.91. The summed E-state index contributed by atoms with van der Waals surface area (Å²) in [5.41, 5.74) is 0.785. The van der Waals surface area contributed by atoms with Crippen LogP contribution in [0.2, 0.25) is 0 Å². The van der Waals surface area contributed by atoms with Crippen molar-refractivity contribution in [3.8, 4) is 10.7 Å². The molecule has 0 spiro atoms. The Hall–Kier alpha value is -2.83. The highest BCUT2D eigenvalue weighted by Crippen LogP contribution is 2.39. The first-order valence-corrected chi connectivity index (χ1v) is 10.2. The van der Waals surface area contributed by atoms with Crippen LogP contribution in [-0.4, -0.2) is 39.7 Å². The first kappa shape index (κ1) is 17.6. The molecule has 4 rings (SSSR count). The Balaban J connectivity index is 1.69. The molecule has 0 amide bonds. The predicted molar refractivity (Wildman–Crippen MR) is 97.5 cm³/mol. The van der Waals surface area contributed by atoms with Crippen LogP contribution in [0.25, 0.3) is 10.7 Å². The highest BCUT2D eigenvalue weighted by Gasteiger charge is 2.25. The Bertz CT molecular complexity index is 1130. The second kappa shape index (κ2) is 6.40. The van der Waals surface area contributed by atoms with Gasteiger partial charge < -0.3 is 10.4 Å². The number of anilines is 2. The first-order chi connectivity index (χ1) is 12.8. The Morgan fingerprint density at radius 1 is 1.26 bits per heavy atom. The van der Waals surface area contributed by atoms with Crippen molar-refractivity contribution in [3.05, 3.63) is 35.7 Å². The van der Waals surface area contributed by atoms with Gasteiger partial charge in [-0.25, -0.2) is 28.3 Å². The van der Waals surface area contributed by atoms with Crippen LogP contribution >= 0.6 is 11.3 Å². The van der Waals surface area contributed by atoms with Crippen LogP contribution in [0.1, 0.15) is 34.9 Å². The number of hydrogen-bond acceptors (Lipinski definition) is 8. The number of carbonyl (C=O) groups is 1. The van der Waals surface area contributed by atoms with Gasteiger partial charge in [0.2, 0.25) is 10.0 Å². The van der Waals surface area contributed by atoms with Gasteiger partial charge in [0.25, 0.3) is 0 Å². The fraction of sp³-hybridized carbons (Fsp3) is 0.200. The third-order valence-corrected chi connectivity index (χ3v) is 6.42. The summed E-state index contributed by atoms with van der Waals surface area (Å²) in [5.74, 6) is 0.0818. The van der Waals surface area contributed by atoms with Crippen molar-refractivity contribution in [2.75, 3.05) is 5.32 Å². The minimum absolute atomic E-state index is 0.0577. The highest BCUT2D eigenvalue weighted by atomic mass is 32.2. The molecule has 0 bridgehead atoms. The number of rotatable bonds is 6. The summed E-state index contributed by atoms with van der Waals surface area (Å²) in [7, 11) is -3.86. The summed E-state index contributed by atoms with van der Waals surface area (Å²) in [6.07, 6.45) is 2.24. The average molecular weight is 406 g/mol. The molecule has 140 valence electrons. The second-order valence-electron chi connectivity index (χ2n) is 6.04. The molecule has 10 nitrogen and oxygen atoms in total. The predicted octanol–water partition coefficient (Wildman–Crippen LogP) is 1.89. The number of carboxylic acids is 1. The summed E-state index contributed by atoms with van der Waals surface area (Å²) in [6, 6.07) is 5.94. The molecule has 3 aromatic rings. The van der Waals surface area contributed by atoms with Crippen LogP contribution in [0.3, 0.4) is 0 Å². The third kappa shape index (κ3) is 3.82. The van der Waals surface area contributed by atoms with Crippen LogP contribution in [0.15, 0.2) is 28.5 Å². The maximum atomic E-state index is 11.5. The van der Waals surface area contributed by atoms with Gasteiger partial charge in [0.15, 0.2) is 17.3 Å². The molecule has 1 saturated carbocycles. The van der Waals surface area contributed by atoms with Gasteiger partial charge in [-0.2, -0.15) is 5.10 Å². The Labute approximate surface area is 157 Å². The lowest BCUT2D eigenvalue weighted by molar-refractivity contribution is 0.0690. The maximum absolute atomic E-state index is 11.5.